The van der Waals surface area contributed by atoms with Crippen LogP contribution >= 0.6 is 0 Å². The molecule has 0 fully saturated rings. The van der Waals surface area contributed by atoms with Crippen LogP contribution in [-0.4, -0.2) is 0 Å². The van der Waals surface area contributed by atoms with E-state index in [-0.39, 0.29) is 11.8 Å². The molecule has 6 nitrogen and oxygen atoms in total. The Balaban J connectivity index is 1.75. The Kier molecular flexibility index (Phi) is 4.88. The lowest BCUT2D eigenvalue weighted by atomic mass is 9.76. The second kappa shape index (κ2) is 8.23. The molecule has 2 aliphatic heterocycles. The predicted octanol–water partition coefficient (Wildman–Crippen LogP) is 5.28. The standard InChI is InChI=1S/C30H20N4O2/c31-15-21-23(17-9-3-1-4-10-17)25-19-13-7-8-14-20(19)26-24(18-11-5-2-6-12-18)22(16-32)30(34)36-28(26)27(25)35-29(21)33/h1-14,23-24H,33-34H2. The molecule has 0 saturated heterocycles. The molecule has 0 bridgehead atoms. The van der Waals surface area contributed by atoms with E-state index in [4.69, 9.17) is 20.9 Å². The fourth-order valence-electron chi connectivity index (χ4n) is 5.32. The molecule has 36 heavy (non-hydrogen) atoms. The van der Waals surface area contributed by atoms with E-state index in [2.05, 4.69) is 12.1 Å². The average molecular weight is 469 g/mol. The van der Waals surface area contributed by atoms with E-state index < -0.39 is 11.8 Å². The van der Waals surface area contributed by atoms with Crippen LogP contribution in [0.25, 0.3) is 10.8 Å². The summed E-state index contributed by atoms with van der Waals surface area (Å²) >= 11 is 0. The second-order valence-electron chi connectivity index (χ2n) is 8.70. The van der Waals surface area contributed by atoms with E-state index in [1.807, 2.05) is 84.9 Å². The number of rotatable bonds is 2. The van der Waals surface area contributed by atoms with Gasteiger partial charge in [-0.15, -0.1) is 0 Å². The van der Waals surface area contributed by atoms with E-state index in [9.17, 15) is 10.5 Å². The third-order valence-corrected chi connectivity index (χ3v) is 6.82. The van der Waals surface area contributed by atoms with E-state index >= 15 is 0 Å². The van der Waals surface area contributed by atoms with Gasteiger partial charge in [-0.1, -0.05) is 84.9 Å². The maximum absolute atomic E-state index is 10.1. The SMILES string of the molecule is N#CC1=C(N)Oc2c3c(c4ccccc4c2C1c1ccccc1)C(c1ccccc1)C(C#N)=C(N)O3. The maximum atomic E-state index is 10.1. The van der Waals surface area contributed by atoms with Crippen molar-refractivity contribution in [2.24, 2.45) is 11.5 Å². The molecule has 0 spiro atoms. The van der Waals surface area contributed by atoms with Crippen molar-refractivity contribution in [2.45, 2.75) is 11.8 Å². The summed E-state index contributed by atoms with van der Waals surface area (Å²) in [5, 5.41) is 21.9. The van der Waals surface area contributed by atoms with Gasteiger partial charge < -0.3 is 20.9 Å². The summed E-state index contributed by atoms with van der Waals surface area (Å²) in [5.74, 6) is -0.0625. The molecule has 4 N–H and O–H groups in total. The van der Waals surface area contributed by atoms with Gasteiger partial charge in [0.05, 0.1) is 11.8 Å². The number of hydrogen-bond acceptors (Lipinski definition) is 6. The number of benzene rings is 4. The fourth-order valence-corrected chi connectivity index (χ4v) is 5.32. The Morgan fingerprint density at radius 2 is 0.917 bits per heavy atom. The van der Waals surface area contributed by atoms with Gasteiger partial charge in [0, 0.05) is 11.1 Å². The summed E-state index contributed by atoms with van der Waals surface area (Å²) in [4.78, 5) is 0. The van der Waals surface area contributed by atoms with Gasteiger partial charge in [0.25, 0.3) is 0 Å². The van der Waals surface area contributed by atoms with Crippen LogP contribution in [-0.2, 0) is 0 Å². The molecule has 2 unspecified atom stereocenters. The molecular formula is C30H20N4O2. The normalized spacial score (nSPS) is 18.4. The lowest BCUT2D eigenvalue weighted by Crippen LogP contribution is -2.26. The molecule has 2 heterocycles. The van der Waals surface area contributed by atoms with Gasteiger partial charge in [-0.2, -0.15) is 10.5 Å². The van der Waals surface area contributed by atoms with Crippen LogP contribution in [0, 0.1) is 22.7 Å². The van der Waals surface area contributed by atoms with Gasteiger partial charge in [-0.3, -0.25) is 0 Å². The Morgan fingerprint density at radius 1 is 0.556 bits per heavy atom. The molecule has 2 atom stereocenters. The minimum atomic E-state index is -0.462. The van der Waals surface area contributed by atoms with Crippen LogP contribution in [0.15, 0.2) is 108 Å². The van der Waals surface area contributed by atoms with E-state index in [1.54, 1.807) is 0 Å². The zero-order chi connectivity index (χ0) is 24.8. The van der Waals surface area contributed by atoms with Gasteiger partial charge in [-0.05, 0) is 21.9 Å². The molecule has 4 aromatic rings. The van der Waals surface area contributed by atoms with Crippen molar-refractivity contribution in [1.82, 2.24) is 0 Å². The Morgan fingerprint density at radius 3 is 1.28 bits per heavy atom. The molecular weight excluding hydrogens is 448 g/mol. The van der Waals surface area contributed by atoms with Crippen molar-refractivity contribution in [2.75, 3.05) is 0 Å². The van der Waals surface area contributed by atoms with Crippen LogP contribution in [0.3, 0.4) is 0 Å². The number of nitriles is 2. The monoisotopic (exact) mass is 468 g/mol. The first-order valence-electron chi connectivity index (χ1n) is 11.5. The van der Waals surface area contributed by atoms with Gasteiger partial charge in [0.15, 0.2) is 11.5 Å². The van der Waals surface area contributed by atoms with Gasteiger partial charge in [0.2, 0.25) is 11.8 Å². The predicted molar refractivity (Wildman–Crippen MR) is 135 cm³/mol. The van der Waals surface area contributed by atoms with Crippen LogP contribution in [0.1, 0.15) is 34.1 Å². The number of ether oxygens (including phenoxy) is 2. The molecule has 0 radical (unpaired) electrons. The Bertz CT molecular complexity index is 1550. The molecule has 6 heteroatoms. The first-order valence-corrected chi connectivity index (χ1v) is 11.5. The van der Waals surface area contributed by atoms with Crippen molar-refractivity contribution in [3.05, 3.63) is 130 Å². The Labute approximate surface area is 207 Å². The zero-order valence-electron chi connectivity index (χ0n) is 19.1. The van der Waals surface area contributed by atoms with E-state index in [1.165, 1.54) is 0 Å². The van der Waals surface area contributed by atoms with Crippen LogP contribution in [0.5, 0.6) is 11.5 Å². The largest absolute Gasteiger partial charge is 0.436 e. The molecule has 4 aromatic carbocycles. The molecule has 2 aliphatic rings. The van der Waals surface area contributed by atoms with Crippen molar-refractivity contribution in [3.8, 4) is 23.6 Å². The maximum Gasteiger partial charge on any atom is 0.205 e. The number of nitrogens with two attached hydrogens (primary N) is 2. The van der Waals surface area contributed by atoms with Gasteiger partial charge >= 0.3 is 0 Å². The molecule has 0 saturated carbocycles. The summed E-state index contributed by atoms with van der Waals surface area (Å²) in [6, 6.07) is 31.8. The van der Waals surface area contributed by atoms with Crippen LogP contribution in [0.4, 0.5) is 0 Å². The van der Waals surface area contributed by atoms with Crippen molar-refractivity contribution >= 4 is 10.8 Å². The van der Waals surface area contributed by atoms with Crippen molar-refractivity contribution in [1.29, 1.82) is 10.5 Å². The third-order valence-electron chi connectivity index (χ3n) is 6.82. The molecule has 0 aromatic heterocycles. The summed E-state index contributed by atoms with van der Waals surface area (Å²) in [6.07, 6.45) is 0. The number of allylic oxidation sites excluding steroid dienone is 2. The molecule has 6 rings (SSSR count). The first-order chi connectivity index (χ1) is 17.6. The van der Waals surface area contributed by atoms with Gasteiger partial charge in [-0.25, -0.2) is 0 Å². The molecule has 0 amide bonds. The highest BCUT2D eigenvalue weighted by Gasteiger charge is 2.41. The lowest BCUT2D eigenvalue weighted by Gasteiger charge is -2.34. The minimum Gasteiger partial charge on any atom is -0.436 e. The second-order valence-corrected chi connectivity index (χ2v) is 8.70. The first kappa shape index (κ1) is 21.3. The topological polar surface area (TPSA) is 118 Å². The fraction of sp³-hybridized carbons (Fsp3) is 0.0667. The Hall–Kier alpha value is -5.20. The quantitative estimate of drug-likeness (QED) is 0.413. The smallest absolute Gasteiger partial charge is 0.205 e. The van der Waals surface area contributed by atoms with Crippen LogP contribution in [0.2, 0.25) is 0 Å². The van der Waals surface area contributed by atoms with E-state index in [0.29, 0.717) is 22.6 Å². The number of hydrogen-bond donors (Lipinski definition) is 2. The highest BCUT2D eigenvalue weighted by atomic mass is 16.5. The summed E-state index contributed by atoms with van der Waals surface area (Å²) in [6.45, 7) is 0. The van der Waals surface area contributed by atoms with E-state index in [0.717, 1.165) is 33.0 Å². The number of fused-ring (bicyclic) bond motifs is 6. The molecule has 0 aliphatic carbocycles. The van der Waals surface area contributed by atoms with Crippen LogP contribution < -0.4 is 20.9 Å². The summed E-state index contributed by atoms with van der Waals surface area (Å²) in [5.41, 5.74) is 16.7. The summed E-state index contributed by atoms with van der Waals surface area (Å²) < 4.78 is 12.3. The lowest BCUT2D eigenvalue weighted by molar-refractivity contribution is 0.337. The highest BCUT2D eigenvalue weighted by Crippen LogP contribution is 2.56. The molecule has 172 valence electrons. The van der Waals surface area contributed by atoms with Crippen molar-refractivity contribution in [3.63, 3.8) is 0 Å². The third kappa shape index (κ3) is 3.02. The minimum absolute atomic E-state index is 0.0184. The van der Waals surface area contributed by atoms with Crippen molar-refractivity contribution < 1.29 is 9.47 Å². The zero-order valence-corrected chi connectivity index (χ0v) is 19.1. The highest BCUT2D eigenvalue weighted by molar-refractivity contribution is 5.97. The average Bonchev–Trinajstić information content (AvgIpc) is 2.92. The summed E-state index contributed by atoms with van der Waals surface area (Å²) in [7, 11) is 0. The number of nitrogens with zero attached hydrogens (tertiary/aromatic N) is 2. The van der Waals surface area contributed by atoms with Gasteiger partial charge in [0.1, 0.15) is 23.3 Å².